The van der Waals surface area contributed by atoms with Gasteiger partial charge in [0, 0.05) is 25.2 Å². The molecule has 0 amide bonds. The molecule has 172 valence electrons. The third-order valence-corrected chi connectivity index (χ3v) is 4.72. The van der Waals surface area contributed by atoms with Gasteiger partial charge in [-0.05, 0) is 23.8 Å². The van der Waals surface area contributed by atoms with E-state index in [4.69, 9.17) is 5.73 Å². The molecule has 0 saturated carbocycles. The third-order valence-electron chi connectivity index (χ3n) is 4.72. The molecule has 2 aromatic heterocycles. The van der Waals surface area contributed by atoms with Gasteiger partial charge in [0.2, 0.25) is 0 Å². The van der Waals surface area contributed by atoms with Gasteiger partial charge in [-0.2, -0.15) is 13.2 Å². The molecule has 0 spiro atoms. The van der Waals surface area contributed by atoms with Gasteiger partial charge in [0.05, 0.1) is 11.3 Å². The van der Waals surface area contributed by atoms with Gasteiger partial charge in [0.25, 0.3) is 5.56 Å². The second kappa shape index (κ2) is 8.30. The molecule has 5 N–H and O–H groups in total. The fourth-order valence-electron chi connectivity index (χ4n) is 3.23. The van der Waals surface area contributed by atoms with Gasteiger partial charge < -0.3 is 25.8 Å². The highest BCUT2D eigenvalue weighted by atomic mass is 19.4. The van der Waals surface area contributed by atoms with Crippen LogP contribution in [0.15, 0.2) is 41.2 Å². The van der Waals surface area contributed by atoms with Crippen molar-refractivity contribution in [1.29, 1.82) is 0 Å². The summed E-state index contributed by atoms with van der Waals surface area (Å²) in [6, 6.07) is 7.04. The molecule has 12 heteroatoms. The molecule has 3 rings (SSSR count). The van der Waals surface area contributed by atoms with Gasteiger partial charge in [0.1, 0.15) is 22.8 Å². The van der Waals surface area contributed by atoms with E-state index in [9.17, 15) is 37.8 Å². The number of nitrogen functional groups attached to an aromatic ring is 1. The lowest BCUT2D eigenvalue weighted by molar-refractivity contribution is -0.137. The number of carboxylic acids is 2. The van der Waals surface area contributed by atoms with E-state index in [1.54, 1.807) is 0 Å². The van der Waals surface area contributed by atoms with Gasteiger partial charge in [-0.3, -0.25) is 4.79 Å². The number of aromatic amines is 1. The van der Waals surface area contributed by atoms with Crippen molar-refractivity contribution in [3.63, 3.8) is 0 Å². The van der Waals surface area contributed by atoms with Crippen LogP contribution in [0.25, 0.3) is 22.4 Å². The molecule has 0 bridgehead atoms. The van der Waals surface area contributed by atoms with Crippen molar-refractivity contribution in [2.24, 2.45) is 0 Å². The van der Waals surface area contributed by atoms with E-state index in [2.05, 4.69) is 4.98 Å². The Morgan fingerprint density at radius 3 is 2.18 bits per heavy atom. The van der Waals surface area contributed by atoms with Crippen molar-refractivity contribution in [3.05, 3.63) is 63.4 Å². The van der Waals surface area contributed by atoms with Gasteiger partial charge >= 0.3 is 18.1 Å². The topological polar surface area (TPSA) is 150 Å². The third kappa shape index (κ3) is 4.49. The number of rotatable bonds is 5. The first kappa shape index (κ1) is 23.3. The molecule has 0 saturated heterocycles. The maximum absolute atomic E-state index is 13.4. The maximum atomic E-state index is 13.4. The number of H-pyrrole nitrogens is 1. The minimum atomic E-state index is -4.66. The highest BCUT2D eigenvalue weighted by Gasteiger charge is 2.32. The highest BCUT2D eigenvalue weighted by molar-refractivity contribution is 6.07. The van der Waals surface area contributed by atoms with E-state index in [0.717, 1.165) is 12.1 Å². The van der Waals surface area contributed by atoms with E-state index >= 15 is 0 Å². The number of nitrogens with one attached hydrogen (secondary N) is 1. The molecular weight excluding hydrogens is 445 g/mol. The average molecular weight is 462 g/mol. The Kier molecular flexibility index (Phi) is 5.86. The fraction of sp³-hybridized carbons (Fsp3) is 0.143. The number of aromatic nitrogens is 2. The lowest BCUT2D eigenvalue weighted by atomic mass is 9.93. The summed E-state index contributed by atoms with van der Waals surface area (Å²) in [6.45, 7) is 0. The summed E-state index contributed by atoms with van der Waals surface area (Å²) in [5.74, 6) is -3.85. The summed E-state index contributed by atoms with van der Waals surface area (Å²) in [5, 5.41) is 19.1. The van der Waals surface area contributed by atoms with Crippen LogP contribution >= 0.6 is 0 Å². The number of anilines is 2. The number of benzene rings is 1. The summed E-state index contributed by atoms with van der Waals surface area (Å²) in [6.07, 6.45) is -4.66. The Hall–Kier alpha value is -4.35. The number of nitrogens with two attached hydrogens (primary N) is 1. The molecule has 0 aliphatic heterocycles. The molecule has 0 radical (unpaired) electrons. The lowest BCUT2D eigenvalue weighted by Crippen LogP contribution is -2.24. The van der Waals surface area contributed by atoms with Gasteiger partial charge in [-0.1, -0.05) is 18.2 Å². The number of hydrogen-bond donors (Lipinski definition) is 4. The number of aromatic carboxylic acids is 2. The smallest absolute Gasteiger partial charge is 0.416 e. The molecule has 0 unspecified atom stereocenters. The first-order valence-electron chi connectivity index (χ1n) is 9.21. The van der Waals surface area contributed by atoms with E-state index < -0.39 is 51.7 Å². The number of nitrogens with zero attached hydrogens (tertiary/aromatic N) is 2. The molecule has 2 heterocycles. The molecule has 33 heavy (non-hydrogen) atoms. The van der Waals surface area contributed by atoms with Crippen LogP contribution in [0.4, 0.5) is 24.8 Å². The SMILES string of the molecule is CN(C)c1cc(C(F)(F)F)cc(-c2cccc(-c3c(C(=O)O)c(N)[nH]c(=O)c3C(=O)O)c2)n1. The number of carboxylic acid groups (broad SMARTS) is 2. The first-order chi connectivity index (χ1) is 15.3. The predicted molar refractivity (Wildman–Crippen MR) is 113 cm³/mol. The second-order valence-corrected chi connectivity index (χ2v) is 7.18. The van der Waals surface area contributed by atoms with Gasteiger partial charge in [-0.15, -0.1) is 0 Å². The molecule has 0 aliphatic carbocycles. The Balaban J connectivity index is 2.34. The fourth-order valence-corrected chi connectivity index (χ4v) is 3.23. The molecule has 0 aliphatic rings. The lowest BCUT2D eigenvalue weighted by Gasteiger charge is -2.17. The van der Waals surface area contributed by atoms with Crippen LogP contribution in [-0.2, 0) is 6.18 Å². The van der Waals surface area contributed by atoms with Crippen LogP contribution in [0.3, 0.4) is 0 Å². The normalized spacial score (nSPS) is 11.3. The number of alkyl halides is 3. The Morgan fingerprint density at radius 1 is 1.03 bits per heavy atom. The van der Waals surface area contributed by atoms with Crippen molar-refractivity contribution in [1.82, 2.24) is 9.97 Å². The molecule has 0 atom stereocenters. The van der Waals surface area contributed by atoms with Gasteiger partial charge in [0.15, 0.2) is 0 Å². The number of hydrogen-bond acceptors (Lipinski definition) is 6. The van der Waals surface area contributed by atoms with Crippen molar-refractivity contribution >= 4 is 23.6 Å². The molecular formula is C21H17F3N4O5. The highest BCUT2D eigenvalue weighted by Crippen LogP contribution is 2.36. The monoisotopic (exact) mass is 462 g/mol. The molecule has 0 fully saturated rings. The van der Waals surface area contributed by atoms with Crippen molar-refractivity contribution in [2.45, 2.75) is 6.18 Å². The first-order valence-corrected chi connectivity index (χ1v) is 9.21. The largest absolute Gasteiger partial charge is 0.478 e. The Bertz CT molecular complexity index is 1330. The molecule has 3 aromatic rings. The molecule has 9 nitrogen and oxygen atoms in total. The van der Waals surface area contributed by atoms with Crippen LogP contribution in [0.2, 0.25) is 0 Å². The van der Waals surface area contributed by atoms with Crippen molar-refractivity contribution in [3.8, 4) is 22.4 Å². The summed E-state index contributed by atoms with van der Waals surface area (Å²) in [4.78, 5) is 43.3. The molecule has 1 aromatic carbocycles. The van der Waals surface area contributed by atoms with Crippen LogP contribution in [0, 0.1) is 0 Å². The zero-order chi connectivity index (χ0) is 24.7. The minimum Gasteiger partial charge on any atom is -0.478 e. The van der Waals surface area contributed by atoms with E-state index in [-0.39, 0.29) is 22.6 Å². The maximum Gasteiger partial charge on any atom is 0.416 e. The summed E-state index contributed by atoms with van der Waals surface area (Å²) < 4.78 is 40.2. The van der Waals surface area contributed by atoms with Gasteiger partial charge in [-0.25, -0.2) is 14.6 Å². The summed E-state index contributed by atoms with van der Waals surface area (Å²) in [7, 11) is 3.03. The summed E-state index contributed by atoms with van der Waals surface area (Å²) in [5.41, 5.74) is 1.53. The van der Waals surface area contributed by atoms with Crippen molar-refractivity contribution < 1.29 is 33.0 Å². The van der Waals surface area contributed by atoms with Crippen LogP contribution < -0.4 is 16.2 Å². The van der Waals surface area contributed by atoms with Crippen LogP contribution in [0.1, 0.15) is 26.3 Å². The second-order valence-electron chi connectivity index (χ2n) is 7.18. The number of pyridine rings is 2. The Morgan fingerprint density at radius 2 is 1.64 bits per heavy atom. The number of carbonyl (C=O) groups is 2. The number of halogens is 3. The van der Waals surface area contributed by atoms with E-state index in [0.29, 0.717) is 0 Å². The van der Waals surface area contributed by atoms with Crippen LogP contribution in [-0.4, -0.2) is 46.2 Å². The summed E-state index contributed by atoms with van der Waals surface area (Å²) >= 11 is 0. The Labute approximate surface area is 183 Å². The standard InChI is InChI=1S/C21H17F3N4O5/c1-28(2)13-8-11(21(22,23)24)7-12(26-13)9-4-3-5-10(6-9)14-15(19(30)31)17(25)27-18(29)16(14)20(32)33/h3-8H,1-2H3,(H,30,31)(H,32,33)(H3,25,27,29). The van der Waals surface area contributed by atoms with E-state index in [1.165, 1.54) is 43.3 Å². The average Bonchev–Trinajstić information content (AvgIpc) is 2.71. The zero-order valence-corrected chi connectivity index (χ0v) is 17.2. The zero-order valence-electron chi connectivity index (χ0n) is 17.2. The van der Waals surface area contributed by atoms with Crippen LogP contribution in [0.5, 0.6) is 0 Å². The quantitative estimate of drug-likeness (QED) is 0.452. The van der Waals surface area contributed by atoms with Crippen molar-refractivity contribution in [2.75, 3.05) is 24.7 Å². The van der Waals surface area contributed by atoms with E-state index in [1.807, 2.05) is 4.98 Å². The minimum absolute atomic E-state index is 0.0167. The predicted octanol–water partition coefficient (Wildman–Crippen LogP) is 3.17.